The first-order valence-corrected chi connectivity index (χ1v) is 7.01. The molecule has 1 atom stereocenters. The normalized spacial score (nSPS) is 16.1. The first kappa shape index (κ1) is 13.0. The van der Waals surface area contributed by atoms with E-state index < -0.39 is 0 Å². The van der Waals surface area contributed by atoms with Crippen LogP contribution in [0.15, 0.2) is 16.5 Å². The second-order valence-corrected chi connectivity index (χ2v) is 5.53. The van der Waals surface area contributed by atoms with Crippen molar-refractivity contribution in [3.63, 3.8) is 0 Å². The average molecular weight is 272 g/mol. The molecule has 3 rings (SSSR count). The molecule has 5 nitrogen and oxygen atoms in total. The molecule has 0 aromatic carbocycles. The summed E-state index contributed by atoms with van der Waals surface area (Å²) in [6, 6.07) is 3.99. The third kappa shape index (κ3) is 2.48. The van der Waals surface area contributed by atoms with Gasteiger partial charge >= 0.3 is 0 Å². The van der Waals surface area contributed by atoms with Crippen molar-refractivity contribution < 1.29 is 4.42 Å². The summed E-state index contributed by atoms with van der Waals surface area (Å²) in [5.74, 6) is 4.52. The molecule has 106 valence electrons. The monoisotopic (exact) mass is 272 g/mol. The molecule has 5 heteroatoms. The fourth-order valence-electron chi connectivity index (χ4n) is 2.18. The number of nitrogens with zero attached hydrogens (tertiary/aromatic N) is 2. The van der Waals surface area contributed by atoms with Crippen LogP contribution in [0.3, 0.4) is 0 Å². The first-order valence-electron chi connectivity index (χ1n) is 7.01. The zero-order valence-electron chi connectivity index (χ0n) is 12.1. The van der Waals surface area contributed by atoms with Gasteiger partial charge < -0.3 is 15.5 Å². The van der Waals surface area contributed by atoms with E-state index in [-0.39, 0.29) is 6.04 Å². The highest BCUT2D eigenvalue weighted by molar-refractivity contribution is 5.55. The van der Waals surface area contributed by atoms with Crippen molar-refractivity contribution >= 4 is 11.6 Å². The minimum atomic E-state index is 0.0451. The fourth-order valence-corrected chi connectivity index (χ4v) is 2.18. The van der Waals surface area contributed by atoms with Crippen LogP contribution in [0.2, 0.25) is 0 Å². The maximum absolute atomic E-state index is 5.99. The predicted octanol–water partition coefficient (Wildman–Crippen LogP) is 3.32. The van der Waals surface area contributed by atoms with Gasteiger partial charge in [-0.2, -0.15) is 0 Å². The van der Waals surface area contributed by atoms with E-state index in [9.17, 15) is 0 Å². The summed E-state index contributed by atoms with van der Waals surface area (Å²) in [5, 5.41) is 3.38. The highest BCUT2D eigenvalue weighted by atomic mass is 16.3. The molecule has 2 aromatic heterocycles. The highest BCUT2D eigenvalue weighted by Crippen LogP contribution is 2.39. The molecule has 1 fully saturated rings. The largest absolute Gasteiger partial charge is 0.464 e. The molecule has 1 aliphatic rings. The van der Waals surface area contributed by atoms with Gasteiger partial charge in [-0.3, -0.25) is 0 Å². The minimum Gasteiger partial charge on any atom is -0.464 e. The Bertz CT molecular complexity index is 631. The Kier molecular flexibility index (Phi) is 3.12. The van der Waals surface area contributed by atoms with E-state index in [0.717, 1.165) is 41.6 Å². The minimum absolute atomic E-state index is 0.0451. The molecule has 0 spiro atoms. The van der Waals surface area contributed by atoms with Crippen LogP contribution < -0.4 is 11.1 Å². The van der Waals surface area contributed by atoms with E-state index in [1.165, 1.54) is 0 Å². The zero-order valence-corrected chi connectivity index (χ0v) is 12.1. The quantitative estimate of drug-likeness (QED) is 0.892. The second kappa shape index (κ2) is 4.81. The van der Waals surface area contributed by atoms with Crippen molar-refractivity contribution in [3.05, 3.63) is 35.0 Å². The number of anilines is 2. The Morgan fingerprint density at radius 2 is 2.05 bits per heavy atom. The van der Waals surface area contributed by atoms with Gasteiger partial charge in [0.2, 0.25) is 0 Å². The lowest BCUT2D eigenvalue weighted by Crippen LogP contribution is -2.12. The molecule has 2 heterocycles. The lowest BCUT2D eigenvalue weighted by molar-refractivity contribution is 0.466. The standard InChI is InChI=1S/C15H20N4O/c1-8-4-7-12(20-8)10(3)17-14-9(2)13(16)18-15(19-14)11-5-6-11/h4,7,10-11H,5-6H2,1-3H3,(H3,16,17,18,19). The van der Waals surface area contributed by atoms with Crippen molar-refractivity contribution in [2.45, 2.75) is 45.6 Å². The third-order valence-electron chi connectivity index (χ3n) is 3.68. The molecule has 0 amide bonds. The van der Waals surface area contributed by atoms with Crippen LogP contribution in [0.4, 0.5) is 11.6 Å². The van der Waals surface area contributed by atoms with E-state index in [1.54, 1.807) is 0 Å². The van der Waals surface area contributed by atoms with Crippen molar-refractivity contribution in [1.82, 2.24) is 9.97 Å². The topological polar surface area (TPSA) is 77.0 Å². The molecule has 0 radical (unpaired) electrons. The van der Waals surface area contributed by atoms with Gasteiger partial charge in [0.05, 0.1) is 6.04 Å². The van der Waals surface area contributed by atoms with E-state index >= 15 is 0 Å². The van der Waals surface area contributed by atoms with E-state index in [1.807, 2.05) is 32.9 Å². The molecular formula is C15H20N4O. The molecule has 20 heavy (non-hydrogen) atoms. The number of aromatic nitrogens is 2. The van der Waals surface area contributed by atoms with Crippen molar-refractivity contribution in [1.29, 1.82) is 0 Å². The summed E-state index contributed by atoms with van der Waals surface area (Å²) >= 11 is 0. The fraction of sp³-hybridized carbons (Fsp3) is 0.467. The van der Waals surface area contributed by atoms with Crippen LogP contribution in [-0.2, 0) is 0 Å². The molecule has 2 aromatic rings. The molecule has 1 saturated carbocycles. The van der Waals surface area contributed by atoms with Crippen molar-refractivity contribution in [2.24, 2.45) is 0 Å². The Morgan fingerprint density at radius 1 is 1.30 bits per heavy atom. The molecule has 0 bridgehead atoms. The Labute approximate surface area is 118 Å². The maximum Gasteiger partial charge on any atom is 0.136 e. The van der Waals surface area contributed by atoms with Gasteiger partial charge in [0.25, 0.3) is 0 Å². The van der Waals surface area contributed by atoms with Crippen molar-refractivity contribution in [3.8, 4) is 0 Å². The maximum atomic E-state index is 5.99. The number of nitrogens with one attached hydrogen (secondary N) is 1. The molecule has 0 saturated heterocycles. The van der Waals surface area contributed by atoms with E-state index in [4.69, 9.17) is 10.2 Å². The van der Waals surface area contributed by atoms with Gasteiger partial charge in [-0.15, -0.1) is 0 Å². The summed E-state index contributed by atoms with van der Waals surface area (Å²) in [7, 11) is 0. The molecule has 1 unspecified atom stereocenters. The summed E-state index contributed by atoms with van der Waals surface area (Å²) in [6.07, 6.45) is 2.32. The van der Waals surface area contributed by atoms with Crippen LogP contribution >= 0.6 is 0 Å². The van der Waals surface area contributed by atoms with Gasteiger partial charge in [0.1, 0.15) is 29.0 Å². The third-order valence-corrected chi connectivity index (χ3v) is 3.68. The molecule has 0 aliphatic heterocycles. The Hall–Kier alpha value is -2.04. The summed E-state index contributed by atoms with van der Waals surface area (Å²) < 4.78 is 5.64. The smallest absolute Gasteiger partial charge is 0.136 e. The van der Waals surface area contributed by atoms with Crippen molar-refractivity contribution in [2.75, 3.05) is 11.1 Å². The van der Waals surface area contributed by atoms with Gasteiger partial charge in [-0.25, -0.2) is 9.97 Å². The van der Waals surface area contributed by atoms with Gasteiger partial charge in [0, 0.05) is 11.5 Å². The Morgan fingerprint density at radius 3 is 2.65 bits per heavy atom. The number of furan rings is 1. The Balaban J connectivity index is 1.85. The molecule has 3 N–H and O–H groups in total. The lowest BCUT2D eigenvalue weighted by Gasteiger charge is -2.16. The van der Waals surface area contributed by atoms with Gasteiger partial charge in [-0.05, 0) is 45.7 Å². The number of nitrogens with two attached hydrogens (primary N) is 1. The number of aryl methyl sites for hydroxylation is 1. The van der Waals surface area contributed by atoms with Gasteiger partial charge in [-0.1, -0.05) is 0 Å². The van der Waals surface area contributed by atoms with Gasteiger partial charge in [0.15, 0.2) is 0 Å². The SMILES string of the molecule is Cc1ccc(C(C)Nc2nc(C3CC3)nc(N)c2C)o1. The molecular weight excluding hydrogens is 252 g/mol. The summed E-state index contributed by atoms with van der Waals surface area (Å²) in [4.78, 5) is 9.01. The molecule has 1 aliphatic carbocycles. The van der Waals surface area contributed by atoms with E-state index in [2.05, 4.69) is 15.3 Å². The lowest BCUT2D eigenvalue weighted by atomic mass is 10.2. The number of rotatable bonds is 4. The average Bonchev–Trinajstić information content (AvgIpc) is 3.16. The summed E-state index contributed by atoms with van der Waals surface area (Å²) in [5.41, 5.74) is 6.88. The highest BCUT2D eigenvalue weighted by Gasteiger charge is 2.28. The van der Waals surface area contributed by atoms with Crippen LogP contribution in [-0.4, -0.2) is 9.97 Å². The predicted molar refractivity (Wildman–Crippen MR) is 78.6 cm³/mol. The van der Waals surface area contributed by atoms with Crippen LogP contribution in [0.1, 0.15) is 54.6 Å². The summed E-state index contributed by atoms with van der Waals surface area (Å²) in [6.45, 7) is 5.93. The van der Waals surface area contributed by atoms with Crippen LogP contribution in [0, 0.1) is 13.8 Å². The number of hydrogen-bond acceptors (Lipinski definition) is 5. The van der Waals surface area contributed by atoms with E-state index in [0.29, 0.717) is 11.7 Å². The number of nitrogen functional groups attached to an aromatic ring is 1. The van der Waals surface area contributed by atoms with Crippen LogP contribution in [0.25, 0.3) is 0 Å². The zero-order chi connectivity index (χ0) is 14.3. The second-order valence-electron chi connectivity index (χ2n) is 5.53. The number of hydrogen-bond donors (Lipinski definition) is 2. The van der Waals surface area contributed by atoms with Crippen LogP contribution in [0.5, 0.6) is 0 Å². The first-order chi connectivity index (χ1) is 9.54.